The minimum atomic E-state index is -0.153. The van der Waals surface area contributed by atoms with Gasteiger partial charge in [-0.3, -0.25) is 0 Å². The number of hydrogen-bond acceptors (Lipinski definition) is 4. The lowest BCUT2D eigenvalue weighted by atomic mass is 9.52. The minimum Gasteiger partial charge on any atom is -0.507 e. The van der Waals surface area contributed by atoms with Crippen LogP contribution in [0.2, 0.25) is 0 Å². The van der Waals surface area contributed by atoms with Gasteiger partial charge in [0.05, 0.1) is 7.11 Å². The highest BCUT2D eigenvalue weighted by Gasteiger charge is 2.53. The summed E-state index contributed by atoms with van der Waals surface area (Å²) in [5.41, 5.74) is 5.45. The van der Waals surface area contributed by atoms with Crippen LogP contribution in [0.5, 0.6) is 11.5 Å². The molecule has 2 nitrogen and oxygen atoms in total. The van der Waals surface area contributed by atoms with E-state index in [1.54, 1.807) is 18.9 Å². The first-order valence-electron chi connectivity index (χ1n) is 13.4. The molecule has 0 bridgehead atoms. The Kier molecular flexibility index (Phi) is 6.08. The molecule has 1 fully saturated rings. The SMILES string of the molecule is COc1cc2c3c(cc(O)c2cc1SC)C1(CC(C)(C)CC(C)(C)C1)c1cc(Sc2ccccc2)ccc1-3. The van der Waals surface area contributed by atoms with Crippen molar-refractivity contribution in [2.75, 3.05) is 13.4 Å². The summed E-state index contributed by atoms with van der Waals surface area (Å²) in [4.78, 5) is 3.55. The zero-order valence-corrected chi connectivity index (χ0v) is 24.8. The Morgan fingerprint density at radius 3 is 2.13 bits per heavy atom. The lowest BCUT2D eigenvalue weighted by Gasteiger charge is -2.51. The maximum Gasteiger partial charge on any atom is 0.133 e. The number of phenolic OH excluding ortho intramolecular Hbond substituents is 1. The number of phenols is 1. The average Bonchev–Trinajstić information content (AvgIpc) is 3.09. The van der Waals surface area contributed by atoms with Gasteiger partial charge in [-0.05, 0) is 106 Å². The normalized spacial score (nSPS) is 18.4. The Morgan fingerprint density at radius 2 is 1.47 bits per heavy atom. The predicted octanol–water partition coefficient (Wildman–Crippen LogP) is 9.93. The molecule has 4 aromatic carbocycles. The van der Waals surface area contributed by atoms with E-state index >= 15 is 0 Å². The molecule has 0 saturated heterocycles. The Bertz CT molecular complexity index is 1540. The van der Waals surface area contributed by atoms with Gasteiger partial charge in [0, 0.05) is 25.5 Å². The molecule has 1 N–H and O–H groups in total. The quantitative estimate of drug-likeness (QED) is 0.261. The van der Waals surface area contributed by atoms with Crippen LogP contribution in [0.15, 0.2) is 81.4 Å². The molecule has 2 aliphatic rings. The molecule has 0 aliphatic heterocycles. The van der Waals surface area contributed by atoms with Crippen LogP contribution < -0.4 is 4.74 Å². The van der Waals surface area contributed by atoms with E-state index in [1.165, 1.54) is 38.5 Å². The van der Waals surface area contributed by atoms with Crippen molar-refractivity contribution >= 4 is 34.3 Å². The highest BCUT2D eigenvalue weighted by atomic mass is 32.2. The Labute approximate surface area is 235 Å². The van der Waals surface area contributed by atoms with Crippen LogP contribution in [0.3, 0.4) is 0 Å². The summed E-state index contributed by atoms with van der Waals surface area (Å²) in [5.74, 6) is 1.23. The van der Waals surface area contributed by atoms with Gasteiger partial charge in [-0.15, -0.1) is 11.8 Å². The maximum absolute atomic E-state index is 11.5. The van der Waals surface area contributed by atoms with Crippen LogP contribution in [-0.2, 0) is 5.41 Å². The molecule has 0 amide bonds. The molecule has 4 aromatic rings. The summed E-state index contributed by atoms with van der Waals surface area (Å²) < 4.78 is 5.81. The fourth-order valence-electron chi connectivity index (χ4n) is 7.87. The van der Waals surface area contributed by atoms with Gasteiger partial charge in [0.15, 0.2) is 0 Å². The molecular weight excluding hydrogens is 505 g/mol. The first kappa shape index (κ1) is 25.7. The average molecular weight is 541 g/mol. The van der Waals surface area contributed by atoms with Gasteiger partial charge < -0.3 is 9.84 Å². The highest BCUT2D eigenvalue weighted by molar-refractivity contribution is 7.99. The van der Waals surface area contributed by atoms with E-state index in [2.05, 4.69) is 101 Å². The largest absolute Gasteiger partial charge is 0.507 e. The van der Waals surface area contributed by atoms with Gasteiger partial charge in [-0.25, -0.2) is 0 Å². The van der Waals surface area contributed by atoms with Gasteiger partial charge >= 0.3 is 0 Å². The summed E-state index contributed by atoms with van der Waals surface area (Å²) in [6.07, 6.45) is 5.37. The number of rotatable bonds is 4. The second kappa shape index (κ2) is 8.99. The predicted molar refractivity (Wildman–Crippen MR) is 162 cm³/mol. The smallest absolute Gasteiger partial charge is 0.133 e. The third-order valence-electron chi connectivity index (χ3n) is 8.41. The Morgan fingerprint density at radius 1 is 0.763 bits per heavy atom. The summed E-state index contributed by atoms with van der Waals surface area (Å²) in [6, 6.07) is 24.0. The molecule has 0 atom stereocenters. The second-order valence-corrected chi connectivity index (χ2v) is 14.6. The summed E-state index contributed by atoms with van der Waals surface area (Å²) in [7, 11) is 1.73. The van der Waals surface area contributed by atoms with Crippen molar-refractivity contribution in [1.82, 2.24) is 0 Å². The zero-order valence-electron chi connectivity index (χ0n) is 23.1. The molecule has 1 saturated carbocycles. The van der Waals surface area contributed by atoms with Gasteiger partial charge in [0.25, 0.3) is 0 Å². The Hall–Kier alpha value is -2.56. The third-order valence-corrected chi connectivity index (χ3v) is 10.2. The van der Waals surface area contributed by atoms with E-state index in [4.69, 9.17) is 4.74 Å². The third kappa shape index (κ3) is 4.12. The number of benzene rings is 4. The minimum absolute atomic E-state index is 0.153. The standard InChI is InChI=1S/C34H36O2S2/c1-32(2)18-33(3,4)20-34(19-32)26-14-22(38-21-10-8-7-9-11-21)12-13-23(26)31-25-15-29(36-5)30(37-6)16-24(25)28(35)17-27(31)34/h7-17,35H,18-20H2,1-6H3. The number of fused-ring (bicyclic) bond motifs is 7. The van der Waals surface area contributed by atoms with Gasteiger partial charge in [0.1, 0.15) is 11.5 Å². The number of methoxy groups -OCH3 is 1. The van der Waals surface area contributed by atoms with Crippen molar-refractivity contribution in [1.29, 1.82) is 0 Å². The van der Waals surface area contributed by atoms with E-state index in [0.29, 0.717) is 5.75 Å². The Balaban J connectivity index is 1.65. The summed E-state index contributed by atoms with van der Waals surface area (Å²) >= 11 is 3.47. The molecule has 38 heavy (non-hydrogen) atoms. The van der Waals surface area contributed by atoms with Crippen molar-refractivity contribution in [3.05, 3.63) is 77.9 Å². The molecule has 0 unspecified atom stereocenters. The van der Waals surface area contributed by atoms with Crippen molar-refractivity contribution < 1.29 is 9.84 Å². The van der Waals surface area contributed by atoms with Crippen molar-refractivity contribution in [2.24, 2.45) is 10.8 Å². The van der Waals surface area contributed by atoms with Gasteiger partial charge in [-0.1, -0.05) is 63.7 Å². The molecule has 0 radical (unpaired) electrons. The van der Waals surface area contributed by atoms with Crippen molar-refractivity contribution in [3.8, 4) is 22.6 Å². The van der Waals surface area contributed by atoms with Crippen LogP contribution in [0.4, 0.5) is 0 Å². The first-order chi connectivity index (χ1) is 18.1. The number of ether oxygens (including phenoxy) is 1. The van der Waals surface area contributed by atoms with Crippen LogP contribution in [0.1, 0.15) is 58.1 Å². The molecule has 196 valence electrons. The van der Waals surface area contributed by atoms with Crippen molar-refractivity contribution in [3.63, 3.8) is 0 Å². The lowest BCUT2D eigenvalue weighted by molar-refractivity contribution is 0.0644. The molecule has 4 heteroatoms. The number of hydrogen-bond donors (Lipinski definition) is 1. The molecule has 0 aromatic heterocycles. The van der Waals surface area contributed by atoms with E-state index in [9.17, 15) is 5.11 Å². The fourth-order valence-corrected chi connectivity index (χ4v) is 9.32. The van der Waals surface area contributed by atoms with Crippen LogP contribution in [0.25, 0.3) is 21.9 Å². The van der Waals surface area contributed by atoms with Gasteiger partial charge in [0.2, 0.25) is 0 Å². The summed E-state index contributed by atoms with van der Waals surface area (Å²) in [6.45, 7) is 9.68. The molecule has 0 heterocycles. The monoisotopic (exact) mass is 540 g/mol. The van der Waals surface area contributed by atoms with Crippen LogP contribution in [0, 0.1) is 10.8 Å². The van der Waals surface area contributed by atoms with Crippen LogP contribution in [-0.4, -0.2) is 18.5 Å². The van der Waals surface area contributed by atoms with E-state index < -0.39 is 0 Å². The topological polar surface area (TPSA) is 29.5 Å². The number of aromatic hydroxyl groups is 1. The van der Waals surface area contributed by atoms with E-state index in [1.807, 2.05) is 11.8 Å². The zero-order chi connectivity index (χ0) is 26.9. The fraction of sp³-hybridized carbons (Fsp3) is 0.353. The van der Waals surface area contributed by atoms with E-state index in [0.717, 1.165) is 34.3 Å². The van der Waals surface area contributed by atoms with E-state index in [-0.39, 0.29) is 16.2 Å². The second-order valence-electron chi connectivity index (χ2n) is 12.6. The highest BCUT2D eigenvalue weighted by Crippen LogP contribution is 2.65. The lowest BCUT2D eigenvalue weighted by Crippen LogP contribution is -2.43. The molecular formula is C34H36O2S2. The first-order valence-corrected chi connectivity index (χ1v) is 15.4. The molecule has 2 aliphatic carbocycles. The molecule has 6 rings (SSSR count). The van der Waals surface area contributed by atoms with Crippen LogP contribution >= 0.6 is 23.5 Å². The van der Waals surface area contributed by atoms with Gasteiger partial charge in [-0.2, -0.15) is 0 Å². The number of thioether (sulfide) groups is 1. The summed E-state index contributed by atoms with van der Waals surface area (Å²) in [5, 5.41) is 13.4. The molecule has 1 spiro atoms. The van der Waals surface area contributed by atoms with Crippen molar-refractivity contribution in [2.45, 2.75) is 67.1 Å². The maximum atomic E-state index is 11.5.